The minimum atomic E-state index is -0.632. The van der Waals surface area contributed by atoms with Gasteiger partial charge in [-0.2, -0.15) is 5.26 Å². The minimum Gasteiger partial charge on any atom is -0.493 e. The van der Waals surface area contributed by atoms with Crippen molar-refractivity contribution in [3.63, 3.8) is 0 Å². The van der Waals surface area contributed by atoms with Gasteiger partial charge in [-0.15, -0.1) is 0 Å². The number of rotatable bonds is 10. The Labute approximate surface area is 169 Å². The van der Waals surface area contributed by atoms with Crippen LogP contribution >= 0.6 is 0 Å². The SMILES string of the molecule is COc1cc(/C=C/C(=O)OCC(=O)NCCc2ccccc2)ccc1OCC#N. The molecule has 0 radical (unpaired) electrons. The van der Waals surface area contributed by atoms with Crippen molar-refractivity contribution in [2.24, 2.45) is 0 Å². The fourth-order valence-corrected chi connectivity index (χ4v) is 2.41. The molecule has 0 unspecified atom stereocenters. The molecule has 0 spiro atoms. The summed E-state index contributed by atoms with van der Waals surface area (Å²) in [5, 5.41) is 11.3. The van der Waals surface area contributed by atoms with Crippen molar-refractivity contribution >= 4 is 18.0 Å². The highest BCUT2D eigenvalue weighted by atomic mass is 16.5. The molecule has 0 atom stereocenters. The number of nitrogens with zero attached hydrogens (tertiary/aromatic N) is 1. The number of benzene rings is 2. The number of esters is 1. The van der Waals surface area contributed by atoms with Gasteiger partial charge in [0.1, 0.15) is 6.07 Å². The largest absolute Gasteiger partial charge is 0.493 e. The summed E-state index contributed by atoms with van der Waals surface area (Å²) in [6.07, 6.45) is 3.46. The van der Waals surface area contributed by atoms with Crippen LogP contribution in [-0.4, -0.2) is 38.7 Å². The molecule has 0 fully saturated rings. The first-order valence-electron chi connectivity index (χ1n) is 8.95. The zero-order valence-corrected chi connectivity index (χ0v) is 16.1. The van der Waals surface area contributed by atoms with Crippen LogP contribution in [0, 0.1) is 11.3 Å². The molecule has 7 heteroatoms. The van der Waals surface area contributed by atoms with E-state index in [1.807, 2.05) is 36.4 Å². The first-order valence-corrected chi connectivity index (χ1v) is 8.95. The molecule has 0 aliphatic rings. The quantitative estimate of drug-likeness (QED) is 0.491. The van der Waals surface area contributed by atoms with Crippen molar-refractivity contribution < 1.29 is 23.8 Å². The van der Waals surface area contributed by atoms with Crippen LogP contribution in [0.5, 0.6) is 11.5 Å². The van der Waals surface area contributed by atoms with E-state index < -0.39 is 5.97 Å². The highest BCUT2D eigenvalue weighted by Crippen LogP contribution is 2.28. The van der Waals surface area contributed by atoms with Gasteiger partial charge in [-0.1, -0.05) is 36.4 Å². The molecule has 1 N–H and O–H groups in total. The van der Waals surface area contributed by atoms with Crippen LogP contribution in [0.25, 0.3) is 6.08 Å². The molecule has 0 heterocycles. The molecule has 29 heavy (non-hydrogen) atoms. The lowest BCUT2D eigenvalue weighted by molar-refractivity contribution is -0.143. The van der Waals surface area contributed by atoms with Crippen LogP contribution in [-0.2, 0) is 20.7 Å². The van der Waals surface area contributed by atoms with Gasteiger partial charge in [0, 0.05) is 12.6 Å². The predicted molar refractivity (Wildman–Crippen MR) is 107 cm³/mol. The van der Waals surface area contributed by atoms with Crippen LogP contribution in [0.1, 0.15) is 11.1 Å². The van der Waals surface area contributed by atoms with Crippen LogP contribution < -0.4 is 14.8 Å². The predicted octanol–water partition coefficient (Wildman–Crippen LogP) is 2.51. The number of nitriles is 1. The first-order chi connectivity index (χ1) is 14.1. The maximum absolute atomic E-state index is 11.8. The van der Waals surface area contributed by atoms with E-state index >= 15 is 0 Å². The average Bonchev–Trinajstić information content (AvgIpc) is 2.75. The highest BCUT2D eigenvalue weighted by molar-refractivity contribution is 5.89. The van der Waals surface area contributed by atoms with E-state index in [0.29, 0.717) is 30.0 Å². The first kappa shape index (κ1) is 21.5. The molecule has 1 amide bonds. The normalized spacial score (nSPS) is 10.2. The molecule has 7 nitrogen and oxygen atoms in total. The second-order valence-corrected chi connectivity index (χ2v) is 5.88. The van der Waals surface area contributed by atoms with Crippen molar-refractivity contribution in [1.29, 1.82) is 5.26 Å². The molecule has 0 bridgehead atoms. The maximum Gasteiger partial charge on any atom is 0.331 e. The Balaban J connectivity index is 1.76. The van der Waals surface area contributed by atoms with E-state index in [4.69, 9.17) is 19.5 Å². The smallest absolute Gasteiger partial charge is 0.331 e. The molecular formula is C22H22N2O5. The number of methoxy groups -OCH3 is 1. The van der Waals surface area contributed by atoms with Crippen molar-refractivity contribution in [1.82, 2.24) is 5.32 Å². The number of ether oxygens (including phenoxy) is 3. The van der Waals surface area contributed by atoms with Gasteiger partial charge in [0.2, 0.25) is 0 Å². The minimum absolute atomic E-state index is 0.0920. The van der Waals surface area contributed by atoms with E-state index in [1.165, 1.54) is 19.3 Å². The summed E-state index contributed by atoms with van der Waals surface area (Å²) in [6.45, 7) is 0.0315. The lowest BCUT2D eigenvalue weighted by Crippen LogP contribution is -2.30. The van der Waals surface area contributed by atoms with E-state index in [1.54, 1.807) is 18.2 Å². The number of hydrogen-bond acceptors (Lipinski definition) is 6. The van der Waals surface area contributed by atoms with Crippen LogP contribution in [0.15, 0.2) is 54.6 Å². The Bertz CT molecular complexity index is 888. The number of carbonyl (C=O) groups excluding carboxylic acids is 2. The molecule has 0 aliphatic heterocycles. The van der Waals surface area contributed by atoms with Crippen LogP contribution in [0.4, 0.5) is 0 Å². The molecule has 0 aliphatic carbocycles. The Morgan fingerprint density at radius 2 is 1.93 bits per heavy atom. The van der Waals surface area contributed by atoms with Crippen molar-refractivity contribution in [2.75, 3.05) is 26.9 Å². The zero-order valence-electron chi connectivity index (χ0n) is 16.1. The molecule has 150 valence electrons. The molecule has 2 aromatic rings. The molecule has 2 aromatic carbocycles. The van der Waals surface area contributed by atoms with Gasteiger partial charge in [-0.3, -0.25) is 4.79 Å². The fourth-order valence-electron chi connectivity index (χ4n) is 2.41. The Kier molecular flexibility index (Phi) is 8.77. The molecule has 0 saturated heterocycles. The summed E-state index contributed by atoms with van der Waals surface area (Å²) in [7, 11) is 1.48. The second kappa shape index (κ2) is 11.8. The summed E-state index contributed by atoms with van der Waals surface area (Å²) in [5.74, 6) is -0.121. The van der Waals surface area contributed by atoms with Crippen LogP contribution in [0.2, 0.25) is 0 Å². The monoisotopic (exact) mass is 394 g/mol. The third-order valence-electron chi connectivity index (χ3n) is 3.82. The number of nitrogens with one attached hydrogen (secondary N) is 1. The molecule has 0 aromatic heterocycles. The average molecular weight is 394 g/mol. The standard InChI is InChI=1S/C22H22N2O5/c1-27-20-15-18(7-9-19(20)28-14-12-23)8-10-22(26)29-16-21(25)24-13-11-17-5-3-2-4-6-17/h2-10,15H,11,13-14,16H2,1H3,(H,24,25)/b10-8+. The van der Waals surface area contributed by atoms with Gasteiger partial charge in [0.15, 0.2) is 24.7 Å². The van der Waals surface area contributed by atoms with Crippen molar-refractivity contribution in [3.05, 3.63) is 65.7 Å². The molecule has 0 saturated carbocycles. The maximum atomic E-state index is 11.8. The van der Waals surface area contributed by atoms with E-state index in [-0.39, 0.29) is 19.1 Å². The Hall–Kier alpha value is -3.79. The van der Waals surface area contributed by atoms with Crippen LogP contribution in [0.3, 0.4) is 0 Å². The van der Waals surface area contributed by atoms with Gasteiger partial charge in [-0.05, 0) is 35.8 Å². The lowest BCUT2D eigenvalue weighted by atomic mass is 10.1. The van der Waals surface area contributed by atoms with E-state index in [0.717, 1.165) is 5.56 Å². The summed E-state index contributed by atoms with van der Waals surface area (Å²) in [5.41, 5.74) is 1.79. The van der Waals surface area contributed by atoms with Crippen molar-refractivity contribution in [3.8, 4) is 17.6 Å². The summed E-state index contributed by atoms with van der Waals surface area (Å²) in [4.78, 5) is 23.6. The topological polar surface area (TPSA) is 97.7 Å². The van der Waals surface area contributed by atoms with Gasteiger partial charge >= 0.3 is 5.97 Å². The van der Waals surface area contributed by atoms with Gasteiger partial charge in [-0.25, -0.2) is 4.79 Å². The van der Waals surface area contributed by atoms with Gasteiger partial charge in [0.25, 0.3) is 5.91 Å². The zero-order chi connectivity index (χ0) is 20.9. The summed E-state index contributed by atoms with van der Waals surface area (Å²) < 4.78 is 15.4. The summed E-state index contributed by atoms with van der Waals surface area (Å²) >= 11 is 0. The molecular weight excluding hydrogens is 372 g/mol. The number of hydrogen-bond donors (Lipinski definition) is 1. The Morgan fingerprint density at radius 3 is 2.66 bits per heavy atom. The van der Waals surface area contributed by atoms with Gasteiger partial charge in [0.05, 0.1) is 7.11 Å². The summed E-state index contributed by atoms with van der Waals surface area (Å²) in [6, 6.07) is 16.7. The molecule has 2 rings (SSSR count). The fraction of sp³-hybridized carbons (Fsp3) is 0.227. The van der Waals surface area contributed by atoms with E-state index in [2.05, 4.69) is 5.32 Å². The van der Waals surface area contributed by atoms with Gasteiger partial charge < -0.3 is 19.5 Å². The highest BCUT2D eigenvalue weighted by Gasteiger charge is 2.07. The number of amides is 1. The third kappa shape index (κ3) is 7.77. The lowest BCUT2D eigenvalue weighted by Gasteiger charge is -2.08. The third-order valence-corrected chi connectivity index (χ3v) is 3.82. The Morgan fingerprint density at radius 1 is 1.14 bits per heavy atom. The second-order valence-electron chi connectivity index (χ2n) is 5.88. The van der Waals surface area contributed by atoms with Crippen molar-refractivity contribution in [2.45, 2.75) is 6.42 Å². The van der Waals surface area contributed by atoms with E-state index in [9.17, 15) is 9.59 Å². The number of carbonyl (C=O) groups is 2.